The first-order valence-corrected chi connectivity index (χ1v) is 9.20. The predicted octanol–water partition coefficient (Wildman–Crippen LogP) is 1.43. The highest BCUT2D eigenvalue weighted by Crippen LogP contribution is 2.27. The van der Waals surface area contributed by atoms with Gasteiger partial charge in [0.05, 0.1) is 23.4 Å². The molecule has 2 aromatic heterocycles. The van der Waals surface area contributed by atoms with Gasteiger partial charge in [-0.3, -0.25) is 14.3 Å². The van der Waals surface area contributed by atoms with Crippen LogP contribution in [0.3, 0.4) is 0 Å². The van der Waals surface area contributed by atoms with Crippen LogP contribution in [0.2, 0.25) is 5.02 Å². The molecule has 140 valence electrons. The molecule has 1 amide bonds. The minimum absolute atomic E-state index is 0.0688. The maximum atomic E-state index is 12.1. The maximum absolute atomic E-state index is 12.1. The van der Waals surface area contributed by atoms with Gasteiger partial charge in [0.15, 0.2) is 0 Å². The van der Waals surface area contributed by atoms with Crippen molar-refractivity contribution in [1.29, 1.82) is 0 Å². The number of pyridine rings is 1. The molecule has 0 radical (unpaired) electrons. The van der Waals surface area contributed by atoms with Gasteiger partial charge in [0, 0.05) is 38.0 Å². The number of aryl methyl sites for hydroxylation is 1. The van der Waals surface area contributed by atoms with Crippen molar-refractivity contribution in [3.63, 3.8) is 0 Å². The minimum Gasteiger partial charge on any atom is -0.391 e. The third-order valence-corrected chi connectivity index (χ3v) is 4.92. The maximum Gasteiger partial charge on any atom is 0.250 e. The number of rotatable bonds is 7. The fourth-order valence-electron chi connectivity index (χ4n) is 3.46. The van der Waals surface area contributed by atoms with Crippen molar-refractivity contribution in [2.24, 2.45) is 5.92 Å². The van der Waals surface area contributed by atoms with Gasteiger partial charge < -0.3 is 15.0 Å². The molecule has 1 unspecified atom stereocenters. The summed E-state index contributed by atoms with van der Waals surface area (Å²) in [7, 11) is 0. The molecule has 2 heterocycles. The van der Waals surface area contributed by atoms with Crippen LogP contribution in [-0.2, 0) is 17.9 Å². The first-order chi connectivity index (χ1) is 12.5. The normalized spacial score (nSPS) is 22.5. The predicted molar refractivity (Wildman–Crippen MR) is 97.8 cm³/mol. The molecule has 1 aliphatic carbocycles. The zero-order chi connectivity index (χ0) is 18.5. The molecule has 0 saturated heterocycles. The van der Waals surface area contributed by atoms with Crippen LogP contribution in [0.15, 0.2) is 41.6 Å². The molecule has 26 heavy (non-hydrogen) atoms. The van der Waals surface area contributed by atoms with Gasteiger partial charge in [-0.2, -0.15) is 5.10 Å². The van der Waals surface area contributed by atoms with Crippen LogP contribution in [0.4, 0.5) is 0 Å². The lowest BCUT2D eigenvalue weighted by Gasteiger charge is -2.16. The number of hydrogen-bond donors (Lipinski definition) is 2. The number of halogens is 1. The quantitative estimate of drug-likeness (QED) is 0.762. The fraction of sp³-hybridized carbons (Fsp3) is 0.500. The molecule has 0 aromatic carbocycles. The van der Waals surface area contributed by atoms with E-state index in [0.717, 1.165) is 0 Å². The van der Waals surface area contributed by atoms with E-state index in [1.54, 1.807) is 40.0 Å². The van der Waals surface area contributed by atoms with Crippen molar-refractivity contribution in [3.05, 3.63) is 52.2 Å². The van der Waals surface area contributed by atoms with E-state index < -0.39 is 6.10 Å². The Bertz CT molecular complexity index is 803. The smallest absolute Gasteiger partial charge is 0.250 e. The van der Waals surface area contributed by atoms with Gasteiger partial charge in [-0.1, -0.05) is 17.7 Å². The van der Waals surface area contributed by atoms with E-state index in [1.165, 1.54) is 6.07 Å². The minimum atomic E-state index is -0.549. The topological polar surface area (TPSA) is 89.2 Å². The molecule has 2 N–H and O–H groups in total. The highest BCUT2D eigenvalue weighted by atomic mass is 35.5. The second kappa shape index (κ2) is 8.51. The monoisotopic (exact) mass is 378 g/mol. The summed E-state index contributed by atoms with van der Waals surface area (Å²) in [5, 5.41) is 17.9. The molecule has 3 atom stereocenters. The van der Waals surface area contributed by atoms with E-state index in [1.807, 2.05) is 0 Å². The van der Waals surface area contributed by atoms with Gasteiger partial charge in [-0.05, 0) is 31.2 Å². The molecule has 1 aliphatic rings. The van der Waals surface area contributed by atoms with Gasteiger partial charge in [0.25, 0.3) is 0 Å². The number of aliphatic hydroxyl groups excluding tert-OH is 1. The molecule has 1 saturated carbocycles. The molecule has 7 nitrogen and oxygen atoms in total. The number of aromatic nitrogens is 3. The van der Waals surface area contributed by atoms with Crippen molar-refractivity contribution < 1.29 is 9.90 Å². The van der Waals surface area contributed by atoms with Crippen LogP contribution in [-0.4, -0.2) is 37.5 Å². The Morgan fingerprint density at radius 3 is 2.96 bits per heavy atom. The molecule has 0 spiro atoms. The van der Waals surface area contributed by atoms with Crippen LogP contribution < -0.4 is 10.9 Å². The number of aliphatic hydroxyl groups is 1. The van der Waals surface area contributed by atoms with Crippen molar-refractivity contribution in [2.75, 3.05) is 0 Å². The number of carbonyl (C=O) groups is 1. The molecular weight excluding hydrogens is 356 g/mol. The van der Waals surface area contributed by atoms with E-state index >= 15 is 0 Å². The highest BCUT2D eigenvalue weighted by molar-refractivity contribution is 6.30. The molecule has 8 heteroatoms. The Labute approximate surface area is 156 Å². The van der Waals surface area contributed by atoms with Crippen LogP contribution >= 0.6 is 11.6 Å². The largest absolute Gasteiger partial charge is 0.391 e. The summed E-state index contributed by atoms with van der Waals surface area (Å²) in [6, 6.07) is 4.75. The third kappa shape index (κ3) is 4.95. The van der Waals surface area contributed by atoms with Gasteiger partial charge in [-0.15, -0.1) is 0 Å². The SMILES string of the molecule is O=C(CCCn1ccccc1=O)N[C@@H]1CC(Cn2cc(Cl)cn2)C[C@H]1O. The van der Waals surface area contributed by atoms with Crippen molar-refractivity contribution >= 4 is 17.5 Å². The second-order valence-corrected chi connectivity index (χ2v) is 7.23. The number of hydrogen-bond acceptors (Lipinski definition) is 4. The first kappa shape index (κ1) is 18.7. The number of nitrogens with zero attached hydrogens (tertiary/aromatic N) is 3. The molecular formula is C18H23ClN4O3. The zero-order valence-electron chi connectivity index (χ0n) is 14.4. The lowest BCUT2D eigenvalue weighted by atomic mass is 10.1. The molecule has 0 bridgehead atoms. The lowest BCUT2D eigenvalue weighted by molar-refractivity contribution is -0.122. The summed E-state index contributed by atoms with van der Waals surface area (Å²) in [5.74, 6) is 0.148. The van der Waals surface area contributed by atoms with E-state index in [2.05, 4.69) is 10.4 Å². The van der Waals surface area contributed by atoms with Gasteiger partial charge in [0.2, 0.25) is 11.5 Å². The number of carbonyl (C=O) groups excluding carboxylic acids is 1. The van der Waals surface area contributed by atoms with E-state index in [9.17, 15) is 14.7 Å². The van der Waals surface area contributed by atoms with Gasteiger partial charge in [0.1, 0.15) is 0 Å². The summed E-state index contributed by atoms with van der Waals surface area (Å²) in [6.45, 7) is 1.18. The third-order valence-electron chi connectivity index (χ3n) is 4.72. The van der Waals surface area contributed by atoms with Crippen molar-refractivity contribution in [3.8, 4) is 0 Å². The first-order valence-electron chi connectivity index (χ1n) is 8.82. The standard InChI is InChI=1S/C18H23ClN4O3/c19-14-10-20-23(12-14)11-13-8-15(16(24)9-13)21-17(25)4-3-7-22-6-2-1-5-18(22)26/h1-2,5-6,10,12-13,15-16,24H,3-4,7-9,11H2,(H,21,25)/t13?,15-,16-/m1/s1. The van der Waals surface area contributed by atoms with Gasteiger partial charge in [-0.25, -0.2) is 0 Å². The Balaban J connectivity index is 1.42. The summed E-state index contributed by atoms with van der Waals surface area (Å²) in [6.07, 6.45) is 6.75. The van der Waals surface area contributed by atoms with Crippen LogP contribution in [0.5, 0.6) is 0 Å². The van der Waals surface area contributed by atoms with Crippen molar-refractivity contribution in [1.82, 2.24) is 19.7 Å². The molecule has 3 rings (SSSR count). The van der Waals surface area contributed by atoms with Crippen LogP contribution in [0.1, 0.15) is 25.7 Å². The fourth-order valence-corrected chi connectivity index (χ4v) is 3.62. The van der Waals surface area contributed by atoms with Crippen LogP contribution in [0, 0.1) is 5.92 Å². The molecule has 2 aromatic rings. The lowest BCUT2D eigenvalue weighted by Crippen LogP contribution is -2.39. The summed E-state index contributed by atoms with van der Waals surface area (Å²) >= 11 is 5.86. The van der Waals surface area contributed by atoms with E-state index in [0.29, 0.717) is 43.8 Å². The summed E-state index contributed by atoms with van der Waals surface area (Å²) in [4.78, 5) is 23.8. The van der Waals surface area contributed by atoms with E-state index in [-0.39, 0.29) is 23.4 Å². The Hall–Kier alpha value is -2.12. The Morgan fingerprint density at radius 1 is 1.38 bits per heavy atom. The summed E-state index contributed by atoms with van der Waals surface area (Å²) in [5.41, 5.74) is -0.0688. The average Bonchev–Trinajstić information content (AvgIpc) is 3.15. The van der Waals surface area contributed by atoms with Crippen molar-refractivity contribution in [2.45, 2.75) is 50.9 Å². The van der Waals surface area contributed by atoms with Gasteiger partial charge >= 0.3 is 0 Å². The Morgan fingerprint density at radius 2 is 2.23 bits per heavy atom. The van der Waals surface area contributed by atoms with Crippen LogP contribution in [0.25, 0.3) is 0 Å². The average molecular weight is 379 g/mol. The summed E-state index contributed by atoms with van der Waals surface area (Å²) < 4.78 is 3.35. The Kier molecular flexibility index (Phi) is 6.11. The number of nitrogens with one attached hydrogen (secondary N) is 1. The second-order valence-electron chi connectivity index (χ2n) is 6.80. The number of amides is 1. The van der Waals surface area contributed by atoms with E-state index in [4.69, 9.17) is 11.6 Å². The zero-order valence-corrected chi connectivity index (χ0v) is 15.2. The highest BCUT2D eigenvalue weighted by Gasteiger charge is 2.34. The molecule has 0 aliphatic heterocycles. The molecule has 1 fully saturated rings.